The predicted octanol–water partition coefficient (Wildman–Crippen LogP) is 8.73. The molecule has 3 aromatic carbocycles. The second kappa shape index (κ2) is 11.3. The van der Waals surface area contributed by atoms with Crippen molar-refractivity contribution in [3.05, 3.63) is 83.6 Å². The minimum atomic E-state index is 0. The summed E-state index contributed by atoms with van der Waals surface area (Å²) in [5, 5.41) is 2.95. The van der Waals surface area contributed by atoms with E-state index in [9.17, 15) is 0 Å². The molecule has 0 saturated heterocycles. The van der Waals surface area contributed by atoms with Crippen molar-refractivity contribution in [2.75, 3.05) is 0 Å². The van der Waals surface area contributed by atoms with Crippen LogP contribution in [0, 0.1) is 60.8 Å². The third-order valence-corrected chi connectivity index (χ3v) is 6.96. The first-order valence-electron chi connectivity index (χ1n) is 10.9. The molecule has 0 aliphatic heterocycles. The molecule has 4 rings (SSSR count). The third-order valence-electron chi connectivity index (χ3n) is 6.96. The maximum atomic E-state index is 2.47. The molecule has 0 heterocycles. The minimum absolute atomic E-state index is 0. The van der Waals surface area contributed by atoms with E-state index in [0.29, 0.717) is 5.41 Å². The topological polar surface area (TPSA) is 0 Å². The maximum Gasteiger partial charge on any atom is 4.00 e. The Morgan fingerprint density at radius 1 is 0.903 bits per heavy atom. The van der Waals surface area contributed by atoms with Gasteiger partial charge in [-0.3, -0.25) is 0 Å². The maximum absolute atomic E-state index is 2.47. The molecule has 0 atom stereocenters. The minimum Gasteiger partial charge on any atom is -0.358 e. The molecule has 0 saturated carbocycles. The molecule has 31 heavy (non-hydrogen) atoms. The normalized spacial score (nSPS) is 13.6. The second-order valence-corrected chi connectivity index (χ2v) is 10.3. The first-order valence-corrected chi connectivity index (χ1v) is 10.9. The molecular formula is C30H44Hf. The number of hydrogen-bond acceptors (Lipinski definition) is 0. The number of hydrogen-bond donors (Lipinski definition) is 0. The summed E-state index contributed by atoms with van der Waals surface area (Å²) in [4.78, 5) is 0. The fourth-order valence-corrected chi connectivity index (χ4v) is 4.85. The van der Waals surface area contributed by atoms with Crippen LogP contribution in [0.2, 0.25) is 0 Å². The molecule has 0 spiro atoms. The van der Waals surface area contributed by atoms with Crippen LogP contribution in [0.15, 0.2) is 24.3 Å². The van der Waals surface area contributed by atoms with Crippen LogP contribution in [0.25, 0.3) is 10.8 Å². The summed E-state index contributed by atoms with van der Waals surface area (Å²) < 4.78 is 0. The van der Waals surface area contributed by atoms with Gasteiger partial charge in [-0.15, -0.1) is 34.5 Å². The average Bonchev–Trinajstić information content (AvgIpc) is 3.18. The summed E-state index contributed by atoms with van der Waals surface area (Å²) in [6.07, 6.45) is 3.68. The van der Waals surface area contributed by atoms with Gasteiger partial charge in [0, 0.05) is 0 Å². The molecule has 1 aliphatic carbocycles. The van der Waals surface area contributed by atoms with Crippen molar-refractivity contribution < 1.29 is 25.8 Å². The zero-order valence-corrected chi connectivity index (χ0v) is 25.6. The summed E-state index contributed by atoms with van der Waals surface area (Å²) in [6.45, 7) is 20.4. The zero-order valence-electron chi connectivity index (χ0n) is 22.0. The molecular weight excluding hydrogens is 539 g/mol. The van der Waals surface area contributed by atoms with Gasteiger partial charge in [0.05, 0.1) is 0 Å². The molecule has 0 nitrogen and oxygen atoms in total. The van der Waals surface area contributed by atoms with Gasteiger partial charge in [0.15, 0.2) is 0 Å². The largest absolute Gasteiger partial charge is 4.00 e. The molecule has 168 valence electrons. The van der Waals surface area contributed by atoms with Crippen LogP contribution in [0.5, 0.6) is 0 Å². The molecule has 0 bridgehead atoms. The van der Waals surface area contributed by atoms with E-state index in [4.69, 9.17) is 0 Å². The van der Waals surface area contributed by atoms with Crippen molar-refractivity contribution in [3.63, 3.8) is 0 Å². The van der Waals surface area contributed by atoms with E-state index >= 15 is 0 Å². The van der Waals surface area contributed by atoms with Crippen LogP contribution >= 0.6 is 0 Å². The Hall–Kier alpha value is -0.950. The van der Waals surface area contributed by atoms with Crippen LogP contribution in [0.4, 0.5) is 0 Å². The van der Waals surface area contributed by atoms with Gasteiger partial charge in [0.2, 0.25) is 0 Å². The standard InChI is InChI=1S/C18H23.C10H15.2CH3.Hf/c1-12(2)7-13-5-6-14-8-15-10-18(3,4)11-16(15)9-17(13)14;1-6-7(2)9(4)10(5)8(6)3;;;/h5-6,8-9,12H,7,10-11H2,1-4H3;1-5H3;2*1H3;/q4*-1;+4. The Labute approximate surface area is 212 Å². The predicted molar refractivity (Wildman–Crippen MR) is 138 cm³/mol. The van der Waals surface area contributed by atoms with Crippen molar-refractivity contribution in [2.45, 2.75) is 81.6 Å². The Balaban J connectivity index is 0.000000604. The quantitative estimate of drug-likeness (QED) is 0.209. The van der Waals surface area contributed by atoms with Crippen molar-refractivity contribution in [1.82, 2.24) is 0 Å². The molecule has 1 aliphatic rings. The van der Waals surface area contributed by atoms with E-state index in [1.54, 1.807) is 11.1 Å². The summed E-state index contributed by atoms with van der Waals surface area (Å²) >= 11 is 0. The van der Waals surface area contributed by atoms with Crippen LogP contribution in [-0.2, 0) is 45.1 Å². The average molecular weight is 583 g/mol. The molecule has 0 aromatic heterocycles. The van der Waals surface area contributed by atoms with E-state index < -0.39 is 0 Å². The van der Waals surface area contributed by atoms with Gasteiger partial charge in [-0.2, -0.15) is 33.9 Å². The third kappa shape index (κ3) is 6.31. The van der Waals surface area contributed by atoms with E-state index in [1.165, 1.54) is 63.4 Å². The monoisotopic (exact) mass is 584 g/mol. The Kier molecular flexibility index (Phi) is 10.9. The fraction of sp³-hybridized carbons (Fsp3) is 0.467. The van der Waals surface area contributed by atoms with Gasteiger partial charge >= 0.3 is 25.8 Å². The van der Waals surface area contributed by atoms with Crippen LogP contribution in [0.1, 0.15) is 72.2 Å². The van der Waals surface area contributed by atoms with Crippen molar-refractivity contribution in [1.29, 1.82) is 0 Å². The van der Waals surface area contributed by atoms with Crippen molar-refractivity contribution >= 4 is 10.8 Å². The molecule has 0 radical (unpaired) electrons. The number of benzene rings is 1. The van der Waals surface area contributed by atoms with E-state index in [1.807, 2.05) is 0 Å². The molecule has 3 aromatic rings. The summed E-state index contributed by atoms with van der Waals surface area (Å²) in [5.41, 5.74) is 12.5. The Morgan fingerprint density at radius 3 is 1.81 bits per heavy atom. The first kappa shape index (κ1) is 30.1. The summed E-state index contributed by atoms with van der Waals surface area (Å²) in [5.74, 6) is 0.736. The van der Waals surface area contributed by atoms with E-state index in [-0.39, 0.29) is 40.7 Å². The number of fused-ring (bicyclic) bond motifs is 2. The van der Waals surface area contributed by atoms with Crippen molar-refractivity contribution in [2.24, 2.45) is 11.3 Å². The fourth-order valence-electron chi connectivity index (χ4n) is 4.85. The number of rotatable bonds is 2. The Bertz CT molecular complexity index is 911. The Morgan fingerprint density at radius 2 is 1.39 bits per heavy atom. The second-order valence-electron chi connectivity index (χ2n) is 10.3. The van der Waals surface area contributed by atoms with Crippen molar-refractivity contribution in [3.8, 4) is 0 Å². The molecule has 0 amide bonds. The van der Waals surface area contributed by atoms with Crippen LogP contribution < -0.4 is 0 Å². The zero-order chi connectivity index (χ0) is 20.8. The van der Waals surface area contributed by atoms with Gasteiger partial charge in [-0.25, -0.2) is 0 Å². The van der Waals surface area contributed by atoms with E-state index in [2.05, 4.69) is 86.6 Å². The summed E-state index contributed by atoms with van der Waals surface area (Å²) in [7, 11) is 0. The summed E-state index contributed by atoms with van der Waals surface area (Å²) in [6, 6.07) is 9.53. The first-order chi connectivity index (χ1) is 13.0. The van der Waals surface area contributed by atoms with Gasteiger partial charge in [-0.05, 0) is 18.3 Å². The molecule has 0 N–H and O–H groups in total. The molecule has 0 fully saturated rings. The van der Waals surface area contributed by atoms with Gasteiger partial charge in [-0.1, -0.05) is 85.8 Å². The van der Waals surface area contributed by atoms with Gasteiger partial charge in [0.1, 0.15) is 0 Å². The van der Waals surface area contributed by atoms with Gasteiger partial charge < -0.3 is 14.9 Å². The smallest absolute Gasteiger partial charge is 0.358 e. The van der Waals surface area contributed by atoms with Crippen LogP contribution in [-0.4, -0.2) is 0 Å². The molecule has 0 unspecified atom stereocenters. The van der Waals surface area contributed by atoms with E-state index in [0.717, 1.165) is 5.92 Å². The van der Waals surface area contributed by atoms with Crippen LogP contribution in [0.3, 0.4) is 0 Å². The molecule has 1 heteroatoms. The van der Waals surface area contributed by atoms with Gasteiger partial charge in [0.25, 0.3) is 0 Å². The SMILES string of the molecule is CC(C)C[c-]1ccc2cc3c(cc21)CC(C)(C)C3.Cc1c(C)c(C)[c-](C)c1C.[CH3-].[CH3-].[Hf+4].